The molecule has 2 saturated heterocycles. The van der Waals surface area contributed by atoms with Crippen molar-refractivity contribution in [3.63, 3.8) is 0 Å². The van der Waals surface area contributed by atoms with Crippen LogP contribution in [0.1, 0.15) is 50.2 Å². The molecule has 176 valence electrons. The van der Waals surface area contributed by atoms with Crippen LogP contribution in [0.2, 0.25) is 0 Å². The van der Waals surface area contributed by atoms with E-state index in [0.717, 1.165) is 64.6 Å². The summed E-state index contributed by atoms with van der Waals surface area (Å²) >= 11 is 0. The molecule has 2 aliphatic heterocycles. The number of nitrogens with one attached hydrogen (secondary N) is 1. The molecule has 1 atom stereocenters. The number of piperidine rings is 1. The molecule has 2 heterocycles. The van der Waals surface area contributed by atoms with Crippen molar-refractivity contribution in [2.45, 2.75) is 64.3 Å². The van der Waals surface area contributed by atoms with Crippen molar-refractivity contribution in [3.8, 4) is 0 Å². The van der Waals surface area contributed by atoms with E-state index in [2.05, 4.69) is 60.4 Å². The Morgan fingerprint density at radius 2 is 1.97 bits per heavy atom. The fourth-order valence-electron chi connectivity index (χ4n) is 4.20. The first-order chi connectivity index (χ1) is 14.6. The van der Waals surface area contributed by atoms with Gasteiger partial charge in [-0.3, -0.25) is 0 Å². The summed E-state index contributed by atoms with van der Waals surface area (Å²) in [5.74, 6) is 1.02. The molecule has 7 heteroatoms. The molecular formula is C24H41IN4O2. The highest BCUT2D eigenvalue weighted by atomic mass is 127. The van der Waals surface area contributed by atoms with Crippen molar-refractivity contribution in [2.24, 2.45) is 4.99 Å². The molecule has 0 aromatic heterocycles. The second kappa shape index (κ2) is 14.3. The number of hydrogen-bond acceptors (Lipinski definition) is 4. The monoisotopic (exact) mass is 544 g/mol. The zero-order valence-electron chi connectivity index (χ0n) is 19.5. The van der Waals surface area contributed by atoms with Crippen LogP contribution in [-0.4, -0.2) is 74.9 Å². The third kappa shape index (κ3) is 9.24. The fourth-order valence-corrected chi connectivity index (χ4v) is 4.20. The minimum Gasteiger partial charge on any atom is -0.376 e. The van der Waals surface area contributed by atoms with Gasteiger partial charge in [-0.15, -0.1) is 24.0 Å². The topological polar surface area (TPSA) is 49.3 Å². The Balaban J connectivity index is 0.00000341. The molecule has 0 amide bonds. The zero-order valence-corrected chi connectivity index (χ0v) is 21.8. The van der Waals surface area contributed by atoms with Crippen LogP contribution in [0.25, 0.3) is 0 Å². The quantitative estimate of drug-likeness (QED) is 0.306. The second-order valence-electron chi connectivity index (χ2n) is 8.74. The number of hydrogen-bond donors (Lipinski definition) is 1. The Bertz CT molecular complexity index is 657. The third-order valence-electron chi connectivity index (χ3n) is 5.77. The summed E-state index contributed by atoms with van der Waals surface area (Å²) in [4.78, 5) is 9.50. The van der Waals surface area contributed by atoms with Crippen LogP contribution in [0.3, 0.4) is 0 Å². The summed E-state index contributed by atoms with van der Waals surface area (Å²) in [6, 6.07) is 8.75. The van der Waals surface area contributed by atoms with Gasteiger partial charge in [0.25, 0.3) is 0 Å². The first kappa shape index (κ1) is 26.4. The second-order valence-corrected chi connectivity index (χ2v) is 8.74. The normalized spacial score (nSPS) is 20.6. The van der Waals surface area contributed by atoms with E-state index in [0.29, 0.717) is 18.8 Å². The summed E-state index contributed by atoms with van der Waals surface area (Å²) in [6.45, 7) is 8.30. The maximum atomic E-state index is 6.17. The first-order valence-electron chi connectivity index (χ1n) is 11.6. The summed E-state index contributed by atoms with van der Waals surface area (Å²) in [5, 5.41) is 3.47. The lowest BCUT2D eigenvalue weighted by molar-refractivity contribution is -0.0721. The van der Waals surface area contributed by atoms with E-state index in [9.17, 15) is 0 Å². The lowest BCUT2D eigenvalue weighted by atomic mass is 10.1. The molecule has 2 fully saturated rings. The van der Waals surface area contributed by atoms with Gasteiger partial charge in [-0.1, -0.05) is 24.3 Å². The average molecular weight is 545 g/mol. The van der Waals surface area contributed by atoms with Crippen LogP contribution >= 0.6 is 24.0 Å². The smallest absolute Gasteiger partial charge is 0.194 e. The molecule has 0 spiro atoms. The van der Waals surface area contributed by atoms with Crippen molar-refractivity contribution in [1.82, 2.24) is 15.1 Å². The highest BCUT2D eigenvalue weighted by molar-refractivity contribution is 14.0. The SMILES string of the molecule is CCNC(=NCc1cccc(CN(C)C)c1)N1CCC(OCC2CCCCO2)CC1.I. The van der Waals surface area contributed by atoms with Gasteiger partial charge in [-0.05, 0) is 64.3 Å². The molecule has 6 nitrogen and oxygen atoms in total. The summed E-state index contributed by atoms with van der Waals surface area (Å²) in [5.41, 5.74) is 2.59. The highest BCUT2D eigenvalue weighted by Gasteiger charge is 2.23. The summed E-state index contributed by atoms with van der Waals surface area (Å²) < 4.78 is 12.0. The minimum absolute atomic E-state index is 0. The van der Waals surface area contributed by atoms with Crippen molar-refractivity contribution < 1.29 is 9.47 Å². The van der Waals surface area contributed by atoms with Crippen LogP contribution < -0.4 is 5.32 Å². The maximum Gasteiger partial charge on any atom is 0.194 e. The van der Waals surface area contributed by atoms with Gasteiger partial charge in [0.1, 0.15) is 0 Å². The van der Waals surface area contributed by atoms with Crippen LogP contribution in [0.5, 0.6) is 0 Å². The third-order valence-corrected chi connectivity index (χ3v) is 5.77. The predicted octanol–water partition coefficient (Wildman–Crippen LogP) is 3.88. The number of rotatable bonds is 8. The molecule has 0 bridgehead atoms. The van der Waals surface area contributed by atoms with Crippen LogP contribution in [-0.2, 0) is 22.6 Å². The molecule has 1 N–H and O–H groups in total. The molecule has 0 radical (unpaired) electrons. The molecule has 31 heavy (non-hydrogen) atoms. The summed E-state index contributed by atoms with van der Waals surface area (Å²) in [7, 11) is 4.20. The van der Waals surface area contributed by atoms with Gasteiger partial charge >= 0.3 is 0 Å². The number of halogens is 1. The standard InChI is InChI=1S/C24H40N4O2.HI/c1-4-25-24(26-17-20-8-7-9-21(16-20)18-27(2)3)28-13-11-22(12-14-28)30-19-23-10-5-6-15-29-23;/h7-9,16,22-23H,4-6,10-15,17-19H2,1-3H3,(H,25,26);1H. The van der Waals surface area contributed by atoms with E-state index >= 15 is 0 Å². The van der Waals surface area contributed by atoms with Gasteiger partial charge in [0.2, 0.25) is 0 Å². The summed E-state index contributed by atoms with van der Waals surface area (Å²) in [6.07, 6.45) is 6.36. The van der Waals surface area contributed by atoms with Crippen molar-refractivity contribution in [3.05, 3.63) is 35.4 Å². The largest absolute Gasteiger partial charge is 0.376 e. The zero-order chi connectivity index (χ0) is 21.2. The van der Waals surface area contributed by atoms with E-state index in [1.807, 2.05) is 0 Å². The molecule has 0 aliphatic carbocycles. The minimum atomic E-state index is 0. The first-order valence-corrected chi connectivity index (χ1v) is 11.6. The van der Waals surface area contributed by atoms with Crippen LogP contribution in [0.4, 0.5) is 0 Å². The van der Waals surface area contributed by atoms with Gasteiger partial charge in [-0.25, -0.2) is 4.99 Å². The van der Waals surface area contributed by atoms with E-state index in [1.54, 1.807) is 0 Å². The van der Waals surface area contributed by atoms with Crippen molar-refractivity contribution in [2.75, 3.05) is 46.9 Å². The van der Waals surface area contributed by atoms with E-state index in [4.69, 9.17) is 14.5 Å². The van der Waals surface area contributed by atoms with E-state index in [-0.39, 0.29) is 24.0 Å². The number of guanidine groups is 1. The highest BCUT2D eigenvalue weighted by Crippen LogP contribution is 2.18. The van der Waals surface area contributed by atoms with Gasteiger partial charge < -0.3 is 24.6 Å². The molecule has 2 aliphatic rings. The van der Waals surface area contributed by atoms with Crippen molar-refractivity contribution >= 4 is 29.9 Å². The van der Waals surface area contributed by atoms with Gasteiger partial charge in [-0.2, -0.15) is 0 Å². The Morgan fingerprint density at radius 1 is 1.19 bits per heavy atom. The molecule has 1 aromatic rings. The molecule has 0 saturated carbocycles. The lowest BCUT2D eigenvalue weighted by Crippen LogP contribution is -2.47. The number of aliphatic imine (C=N–C) groups is 1. The Labute approximate surface area is 205 Å². The number of ether oxygens (including phenoxy) is 2. The number of nitrogens with zero attached hydrogens (tertiary/aromatic N) is 3. The lowest BCUT2D eigenvalue weighted by Gasteiger charge is -2.35. The van der Waals surface area contributed by atoms with E-state index < -0.39 is 0 Å². The fraction of sp³-hybridized carbons (Fsp3) is 0.708. The van der Waals surface area contributed by atoms with Crippen LogP contribution in [0, 0.1) is 0 Å². The van der Waals surface area contributed by atoms with Gasteiger partial charge in [0.05, 0.1) is 25.4 Å². The molecular weight excluding hydrogens is 503 g/mol. The Hall–Kier alpha value is -0.900. The maximum absolute atomic E-state index is 6.17. The molecule has 1 unspecified atom stereocenters. The Kier molecular flexibility index (Phi) is 12.1. The average Bonchev–Trinajstić information content (AvgIpc) is 2.76. The van der Waals surface area contributed by atoms with E-state index in [1.165, 1.54) is 24.0 Å². The van der Waals surface area contributed by atoms with Crippen molar-refractivity contribution in [1.29, 1.82) is 0 Å². The molecule has 1 aromatic carbocycles. The van der Waals surface area contributed by atoms with Gasteiger partial charge in [0, 0.05) is 32.8 Å². The number of likely N-dealkylation sites (tertiary alicyclic amines) is 1. The predicted molar refractivity (Wildman–Crippen MR) is 138 cm³/mol. The number of benzene rings is 1. The van der Waals surface area contributed by atoms with Gasteiger partial charge in [0.15, 0.2) is 5.96 Å². The van der Waals surface area contributed by atoms with Crippen LogP contribution in [0.15, 0.2) is 29.3 Å². The Morgan fingerprint density at radius 3 is 2.65 bits per heavy atom. The molecule has 3 rings (SSSR count).